The normalized spacial score (nSPS) is 19.5. The van der Waals surface area contributed by atoms with Gasteiger partial charge in [0, 0.05) is 62.5 Å². The number of hydrogen-bond acceptors (Lipinski definition) is 8. The van der Waals surface area contributed by atoms with Crippen LogP contribution < -0.4 is 4.90 Å². The zero-order valence-electron chi connectivity index (χ0n) is 16.0. The lowest BCUT2D eigenvalue weighted by Gasteiger charge is -2.33. The molecule has 2 aromatic rings. The van der Waals surface area contributed by atoms with Gasteiger partial charge in [-0.1, -0.05) is 12.1 Å². The lowest BCUT2D eigenvalue weighted by Crippen LogP contribution is -2.46. The molecule has 2 aliphatic rings. The third-order valence-corrected chi connectivity index (χ3v) is 6.12. The highest BCUT2D eigenvalue weighted by Gasteiger charge is 2.19. The van der Waals surface area contributed by atoms with E-state index in [-0.39, 0.29) is 0 Å². The summed E-state index contributed by atoms with van der Waals surface area (Å²) in [6.07, 6.45) is 3.08. The Hall–Kier alpha value is -1.64. The van der Waals surface area contributed by atoms with E-state index in [2.05, 4.69) is 42.8 Å². The summed E-state index contributed by atoms with van der Waals surface area (Å²) in [7, 11) is 0. The van der Waals surface area contributed by atoms with Crippen molar-refractivity contribution in [3.8, 4) is 11.4 Å². The van der Waals surface area contributed by atoms with Crippen molar-refractivity contribution in [3.05, 3.63) is 24.2 Å². The Bertz CT molecular complexity index is 707. The minimum atomic E-state index is 0.628. The van der Waals surface area contributed by atoms with Crippen LogP contribution in [0.2, 0.25) is 0 Å². The molecule has 0 spiro atoms. The first-order chi connectivity index (χ1) is 13.3. The maximum atomic E-state index is 5.49. The number of nitrogens with zero attached hydrogens (tertiary/aromatic N) is 6. The van der Waals surface area contributed by atoms with Crippen LogP contribution in [-0.4, -0.2) is 82.2 Å². The number of thioether (sulfide) groups is 1. The van der Waals surface area contributed by atoms with Crippen molar-refractivity contribution in [3.63, 3.8) is 0 Å². The highest BCUT2D eigenvalue weighted by atomic mass is 32.2. The van der Waals surface area contributed by atoms with Gasteiger partial charge in [0.25, 0.3) is 0 Å². The van der Waals surface area contributed by atoms with Gasteiger partial charge in [-0.15, -0.1) is 0 Å². The quantitative estimate of drug-likeness (QED) is 0.746. The van der Waals surface area contributed by atoms with Crippen LogP contribution in [0.25, 0.3) is 11.4 Å². The van der Waals surface area contributed by atoms with Gasteiger partial charge in [0.05, 0.1) is 6.54 Å². The van der Waals surface area contributed by atoms with Gasteiger partial charge in [-0.05, 0) is 25.1 Å². The smallest absolute Gasteiger partial charge is 0.241 e. The van der Waals surface area contributed by atoms with Gasteiger partial charge >= 0.3 is 0 Å². The highest BCUT2D eigenvalue weighted by molar-refractivity contribution is 7.99. The average molecular weight is 389 g/mol. The van der Waals surface area contributed by atoms with E-state index < -0.39 is 0 Å². The fourth-order valence-electron chi connectivity index (χ4n) is 3.61. The summed E-state index contributed by atoms with van der Waals surface area (Å²) in [4.78, 5) is 16.4. The van der Waals surface area contributed by atoms with E-state index in [0.29, 0.717) is 11.7 Å². The monoisotopic (exact) mass is 388 g/mol. The van der Waals surface area contributed by atoms with Gasteiger partial charge in [-0.2, -0.15) is 16.7 Å². The molecule has 0 amide bonds. The SMILES string of the molecule is CCCN1CCN(Cc2nc(-c3ccc(N4CCSCC4)nc3)no2)CC1. The molecule has 8 heteroatoms. The van der Waals surface area contributed by atoms with Gasteiger partial charge < -0.3 is 14.3 Å². The molecule has 0 aromatic carbocycles. The summed E-state index contributed by atoms with van der Waals surface area (Å²) in [5.74, 6) is 4.69. The summed E-state index contributed by atoms with van der Waals surface area (Å²) in [5, 5.41) is 4.16. The molecule has 2 aliphatic heterocycles. The van der Waals surface area contributed by atoms with E-state index in [1.54, 1.807) is 0 Å². The summed E-state index contributed by atoms with van der Waals surface area (Å²) in [6.45, 7) is 10.6. The maximum Gasteiger partial charge on any atom is 0.241 e. The third-order valence-electron chi connectivity index (χ3n) is 5.17. The number of anilines is 1. The number of aromatic nitrogens is 3. The van der Waals surface area contributed by atoms with Crippen molar-refractivity contribution in [2.24, 2.45) is 0 Å². The molecule has 4 rings (SSSR count). The zero-order valence-corrected chi connectivity index (χ0v) is 16.8. The number of hydrogen-bond donors (Lipinski definition) is 0. The van der Waals surface area contributed by atoms with Crippen LogP contribution in [0.15, 0.2) is 22.9 Å². The zero-order chi connectivity index (χ0) is 18.5. The molecule has 0 saturated carbocycles. The molecule has 0 bridgehead atoms. The second-order valence-electron chi connectivity index (χ2n) is 7.13. The minimum absolute atomic E-state index is 0.628. The van der Waals surface area contributed by atoms with Crippen LogP contribution in [0.5, 0.6) is 0 Å². The summed E-state index contributed by atoms with van der Waals surface area (Å²) >= 11 is 2.00. The second-order valence-corrected chi connectivity index (χ2v) is 8.36. The maximum absolute atomic E-state index is 5.49. The molecular weight excluding hydrogens is 360 g/mol. The Balaban J connectivity index is 1.34. The van der Waals surface area contributed by atoms with E-state index in [1.165, 1.54) is 24.5 Å². The molecule has 4 heterocycles. The van der Waals surface area contributed by atoms with E-state index >= 15 is 0 Å². The fraction of sp³-hybridized carbons (Fsp3) is 0.632. The minimum Gasteiger partial charge on any atom is -0.355 e. The van der Waals surface area contributed by atoms with Crippen molar-refractivity contribution >= 4 is 17.6 Å². The van der Waals surface area contributed by atoms with Gasteiger partial charge in [0.2, 0.25) is 11.7 Å². The molecule has 7 nitrogen and oxygen atoms in total. The van der Waals surface area contributed by atoms with Crippen LogP contribution in [0.4, 0.5) is 5.82 Å². The van der Waals surface area contributed by atoms with Crippen LogP contribution in [0.3, 0.4) is 0 Å². The first kappa shape index (κ1) is 18.7. The molecule has 0 radical (unpaired) electrons. The Labute approximate surface area is 165 Å². The molecular formula is C19H28N6OS. The molecule has 27 heavy (non-hydrogen) atoms. The fourth-order valence-corrected chi connectivity index (χ4v) is 4.52. The number of pyridine rings is 1. The average Bonchev–Trinajstić information content (AvgIpc) is 3.19. The van der Waals surface area contributed by atoms with Crippen molar-refractivity contribution in [1.29, 1.82) is 0 Å². The first-order valence-electron chi connectivity index (χ1n) is 9.88. The summed E-state index contributed by atoms with van der Waals surface area (Å²) in [6, 6.07) is 4.11. The second kappa shape index (κ2) is 9.03. The van der Waals surface area contributed by atoms with E-state index in [9.17, 15) is 0 Å². The van der Waals surface area contributed by atoms with Crippen molar-refractivity contribution < 1.29 is 4.52 Å². The Morgan fingerprint density at radius 3 is 2.52 bits per heavy atom. The molecule has 0 N–H and O–H groups in total. The predicted molar refractivity (Wildman–Crippen MR) is 109 cm³/mol. The molecule has 0 aliphatic carbocycles. The molecule has 2 aromatic heterocycles. The van der Waals surface area contributed by atoms with Crippen molar-refractivity contribution in [2.75, 3.05) is 62.2 Å². The van der Waals surface area contributed by atoms with Crippen molar-refractivity contribution in [2.45, 2.75) is 19.9 Å². The number of rotatable bonds is 6. The highest BCUT2D eigenvalue weighted by Crippen LogP contribution is 2.21. The summed E-state index contributed by atoms with van der Waals surface area (Å²) in [5.41, 5.74) is 0.910. The van der Waals surface area contributed by atoms with Crippen LogP contribution in [0.1, 0.15) is 19.2 Å². The third kappa shape index (κ3) is 4.80. The van der Waals surface area contributed by atoms with Crippen molar-refractivity contribution in [1.82, 2.24) is 24.9 Å². The van der Waals surface area contributed by atoms with Gasteiger partial charge in [-0.3, -0.25) is 4.90 Å². The van der Waals surface area contributed by atoms with E-state index in [1.807, 2.05) is 24.0 Å². The Kier molecular flexibility index (Phi) is 6.26. The first-order valence-corrected chi connectivity index (χ1v) is 11.0. The predicted octanol–water partition coefficient (Wildman–Crippen LogP) is 2.21. The van der Waals surface area contributed by atoms with E-state index in [4.69, 9.17) is 4.52 Å². The molecule has 2 saturated heterocycles. The lowest BCUT2D eigenvalue weighted by atomic mass is 10.2. The molecule has 0 unspecified atom stereocenters. The molecule has 0 atom stereocenters. The molecule has 2 fully saturated rings. The van der Waals surface area contributed by atoms with Crippen LogP contribution in [-0.2, 0) is 6.54 Å². The van der Waals surface area contributed by atoms with E-state index in [0.717, 1.165) is 57.2 Å². The van der Waals surface area contributed by atoms with Gasteiger partial charge in [0.1, 0.15) is 5.82 Å². The van der Waals surface area contributed by atoms with Gasteiger partial charge in [0.15, 0.2) is 0 Å². The summed E-state index contributed by atoms with van der Waals surface area (Å²) < 4.78 is 5.49. The Morgan fingerprint density at radius 1 is 1.04 bits per heavy atom. The largest absolute Gasteiger partial charge is 0.355 e. The Morgan fingerprint density at radius 2 is 1.81 bits per heavy atom. The lowest BCUT2D eigenvalue weighted by molar-refractivity contribution is 0.117. The van der Waals surface area contributed by atoms with Crippen LogP contribution >= 0.6 is 11.8 Å². The van der Waals surface area contributed by atoms with Gasteiger partial charge in [-0.25, -0.2) is 4.98 Å². The topological polar surface area (TPSA) is 61.5 Å². The standard InChI is InChI=1S/C19H28N6OS/c1-2-5-23-6-8-24(9-7-23)15-18-21-19(22-26-18)16-3-4-17(20-14-16)25-10-12-27-13-11-25/h3-4,14H,2,5-13,15H2,1H3. The van der Waals surface area contributed by atoms with Crippen LogP contribution in [0, 0.1) is 0 Å². The molecule has 146 valence electrons. The number of piperazine rings is 1.